The highest BCUT2D eigenvalue weighted by Crippen LogP contribution is 2.25. The van der Waals surface area contributed by atoms with E-state index in [1.807, 2.05) is 0 Å². The second-order valence-electron chi connectivity index (χ2n) is 5.83. The number of amides is 4. The number of aryl methyl sites for hydroxylation is 1. The number of nitrogens with zero attached hydrogens (tertiary/aromatic N) is 1. The molecule has 0 aromatic heterocycles. The van der Waals surface area contributed by atoms with Crippen molar-refractivity contribution in [3.8, 4) is 0 Å². The van der Waals surface area contributed by atoms with Gasteiger partial charge in [0.15, 0.2) is 6.29 Å². The van der Waals surface area contributed by atoms with Crippen molar-refractivity contribution in [1.29, 1.82) is 0 Å². The molecule has 6 nitrogen and oxygen atoms in total. The molecule has 4 amide bonds. The Labute approximate surface area is 141 Å². The van der Waals surface area contributed by atoms with Gasteiger partial charge in [0.1, 0.15) is 11.9 Å². The van der Waals surface area contributed by atoms with E-state index in [0.717, 1.165) is 5.56 Å². The van der Waals surface area contributed by atoms with Crippen LogP contribution in [0.4, 0.5) is 27.2 Å². The van der Waals surface area contributed by atoms with Crippen LogP contribution in [-0.4, -0.2) is 35.5 Å². The van der Waals surface area contributed by atoms with Gasteiger partial charge < -0.3 is 10.6 Å². The smallest absolute Gasteiger partial charge is 0.304 e. The first-order valence-electron chi connectivity index (χ1n) is 7.49. The fourth-order valence-corrected chi connectivity index (χ4v) is 2.43. The SMILES string of the molecule is Cc1ccc(F)c([C@H](C)NC2NC(=O)N([C@@H](C)C(F)(F)F)C(=O)N2)c1. The van der Waals surface area contributed by atoms with Gasteiger partial charge in [0.2, 0.25) is 0 Å². The number of carbonyl (C=O) groups excluding carboxylic acids is 2. The van der Waals surface area contributed by atoms with Crippen molar-refractivity contribution >= 4 is 12.1 Å². The fourth-order valence-electron chi connectivity index (χ4n) is 2.43. The van der Waals surface area contributed by atoms with E-state index in [4.69, 9.17) is 0 Å². The lowest BCUT2D eigenvalue weighted by Crippen LogP contribution is -2.70. The molecule has 3 N–H and O–H groups in total. The molecule has 0 unspecified atom stereocenters. The molecular weight excluding hydrogens is 344 g/mol. The number of imide groups is 1. The third-order valence-corrected chi connectivity index (χ3v) is 3.87. The maximum Gasteiger partial charge on any atom is 0.409 e. The summed E-state index contributed by atoms with van der Waals surface area (Å²) >= 11 is 0. The molecule has 0 spiro atoms. The predicted molar refractivity (Wildman–Crippen MR) is 80.9 cm³/mol. The lowest BCUT2D eigenvalue weighted by Gasteiger charge is -2.37. The first-order chi connectivity index (χ1) is 11.5. The van der Waals surface area contributed by atoms with Gasteiger partial charge in [-0.1, -0.05) is 17.7 Å². The van der Waals surface area contributed by atoms with Gasteiger partial charge in [-0.05, 0) is 26.8 Å². The van der Waals surface area contributed by atoms with Crippen LogP contribution < -0.4 is 16.0 Å². The van der Waals surface area contributed by atoms with E-state index in [-0.39, 0.29) is 4.90 Å². The molecule has 0 radical (unpaired) electrons. The molecule has 2 atom stereocenters. The molecule has 1 aromatic rings. The minimum Gasteiger partial charge on any atom is -0.304 e. The summed E-state index contributed by atoms with van der Waals surface area (Å²) in [6.07, 6.45) is -5.88. The van der Waals surface area contributed by atoms with Gasteiger partial charge in [-0.15, -0.1) is 0 Å². The zero-order valence-corrected chi connectivity index (χ0v) is 13.7. The summed E-state index contributed by atoms with van der Waals surface area (Å²) in [5.41, 5.74) is 1.11. The second kappa shape index (κ2) is 6.87. The summed E-state index contributed by atoms with van der Waals surface area (Å²) < 4.78 is 52.1. The molecule has 10 heteroatoms. The van der Waals surface area contributed by atoms with E-state index >= 15 is 0 Å². The largest absolute Gasteiger partial charge is 0.409 e. The number of halogens is 4. The Morgan fingerprint density at radius 3 is 2.24 bits per heavy atom. The molecule has 1 aliphatic rings. The minimum absolute atomic E-state index is 0.0517. The van der Waals surface area contributed by atoms with Gasteiger partial charge in [-0.2, -0.15) is 13.2 Å². The lowest BCUT2D eigenvalue weighted by atomic mass is 10.1. The van der Waals surface area contributed by atoms with Crippen LogP contribution in [0.3, 0.4) is 0 Å². The number of rotatable bonds is 4. The van der Waals surface area contributed by atoms with Crippen LogP contribution in [0.15, 0.2) is 18.2 Å². The molecule has 0 aliphatic carbocycles. The summed E-state index contributed by atoms with van der Waals surface area (Å²) in [4.78, 5) is 23.8. The van der Waals surface area contributed by atoms with Crippen LogP contribution in [-0.2, 0) is 0 Å². The van der Waals surface area contributed by atoms with Gasteiger partial charge in [-0.3, -0.25) is 5.32 Å². The van der Waals surface area contributed by atoms with Crippen molar-refractivity contribution in [3.63, 3.8) is 0 Å². The van der Waals surface area contributed by atoms with E-state index in [0.29, 0.717) is 12.5 Å². The second-order valence-corrected chi connectivity index (χ2v) is 5.83. The van der Waals surface area contributed by atoms with E-state index in [9.17, 15) is 27.2 Å². The first kappa shape index (κ1) is 19.0. The van der Waals surface area contributed by atoms with Gasteiger partial charge in [0.25, 0.3) is 0 Å². The Kier molecular flexibility index (Phi) is 5.21. The highest BCUT2D eigenvalue weighted by molar-refractivity contribution is 5.96. The third kappa shape index (κ3) is 4.19. The van der Waals surface area contributed by atoms with Gasteiger partial charge in [0.05, 0.1) is 0 Å². The molecule has 1 saturated heterocycles. The zero-order valence-electron chi connectivity index (χ0n) is 13.7. The third-order valence-electron chi connectivity index (χ3n) is 3.87. The summed E-state index contributed by atoms with van der Waals surface area (Å²) in [5, 5.41) is 7.16. The Balaban J connectivity index is 2.08. The number of carbonyl (C=O) groups is 2. The molecule has 1 fully saturated rings. The van der Waals surface area contributed by atoms with Crippen molar-refractivity contribution < 1.29 is 27.2 Å². The zero-order chi connectivity index (χ0) is 18.9. The molecular formula is C15H18F4N4O2. The van der Waals surface area contributed by atoms with E-state index in [2.05, 4.69) is 16.0 Å². The van der Waals surface area contributed by atoms with Crippen LogP contribution in [0.25, 0.3) is 0 Å². The molecule has 2 rings (SSSR count). The molecule has 0 saturated carbocycles. The Morgan fingerprint density at radius 1 is 1.16 bits per heavy atom. The molecule has 1 aliphatic heterocycles. The molecule has 25 heavy (non-hydrogen) atoms. The minimum atomic E-state index is -4.74. The van der Waals surface area contributed by atoms with Crippen LogP contribution in [0.2, 0.25) is 0 Å². The van der Waals surface area contributed by atoms with Crippen molar-refractivity contribution in [1.82, 2.24) is 20.9 Å². The number of benzene rings is 1. The van der Waals surface area contributed by atoms with E-state index in [1.165, 1.54) is 6.07 Å². The average molecular weight is 362 g/mol. The monoisotopic (exact) mass is 362 g/mol. The topological polar surface area (TPSA) is 73.5 Å². The van der Waals surface area contributed by atoms with Crippen molar-refractivity contribution in [2.75, 3.05) is 0 Å². The van der Waals surface area contributed by atoms with Crippen molar-refractivity contribution in [2.24, 2.45) is 0 Å². The van der Waals surface area contributed by atoms with Gasteiger partial charge >= 0.3 is 18.2 Å². The number of hydrogen-bond acceptors (Lipinski definition) is 3. The quantitative estimate of drug-likeness (QED) is 0.721. The van der Waals surface area contributed by atoms with Crippen LogP contribution in [0, 0.1) is 12.7 Å². The van der Waals surface area contributed by atoms with Crippen LogP contribution in [0.5, 0.6) is 0 Å². The van der Waals surface area contributed by atoms with Crippen molar-refractivity contribution in [3.05, 3.63) is 35.1 Å². The Hall–Kier alpha value is -2.36. The maximum absolute atomic E-state index is 13.9. The highest BCUT2D eigenvalue weighted by Gasteiger charge is 2.47. The molecule has 138 valence electrons. The number of nitrogens with one attached hydrogen (secondary N) is 3. The van der Waals surface area contributed by atoms with E-state index in [1.54, 1.807) is 26.0 Å². The Bertz CT molecular complexity index is 662. The molecule has 1 heterocycles. The number of hydrogen-bond donors (Lipinski definition) is 3. The fraction of sp³-hybridized carbons (Fsp3) is 0.467. The van der Waals surface area contributed by atoms with Crippen LogP contribution >= 0.6 is 0 Å². The average Bonchev–Trinajstić information content (AvgIpc) is 2.47. The van der Waals surface area contributed by atoms with E-state index < -0.39 is 42.4 Å². The summed E-state index contributed by atoms with van der Waals surface area (Å²) in [5.74, 6) is -0.480. The number of alkyl halides is 3. The standard InChI is InChI=1S/C15H18F4N4O2/c1-7-4-5-11(16)10(6-7)8(2)20-12-21-13(24)23(14(25)22-12)9(3)15(17,18)19/h4-6,8-9,12,20H,1-3H3,(H,21,24)(H,22,25)/t8-,9-/m0/s1. The summed E-state index contributed by atoms with van der Waals surface area (Å²) in [7, 11) is 0. The van der Waals surface area contributed by atoms with Gasteiger partial charge in [0, 0.05) is 11.6 Å². The maximum atomic E-state index is 13.9. The lowest BCUT2D eigenvalue weighted by molar-refractivity contribution is -0.166. The highest BCUT2D eigenvalue weighted by atomic mass is 19.4. The Morgan fingerprint density at radius 2 is 1.72 bits per heavy atom. The molecule has 0 bridgehead atoms. The first-order valence-corrected chi connectivity index (χ1v) is 7.49. The molecule has 1 aromatic carbocycles. The van der Waals surface area contributed by atoms with Crippen LogP contribution in [0.1, 0.15) is 31.0 Å². The summed E-state index contributed by atoms with van der Waals surface area (Å²) in [6, 6.07) is -0.805. The summed E-state index contributed by atoms with van der Waals surface area (Å²) in [6.45, 7) is 4.08. The normalized spacial score (nSPS) is 18.6. The van der Waals surface area contributed by atoms with Gasteiger partial charge in [-0.25, -0.2) is 18.9 Å². The predicted octanol–water partition coefficient (Wildman–Crippen LogP) is 2.75. The van der Waals surface area contributed by atoms with Crippen molar-refractivity contribution in [2.45, 2.75) is 45.3 Å². The number of urea groups is 2.